The average Bonchev–Trinajstić information content (AvgIpc) is 2.87. The van der Waals surface area contributed by atoms with Crippen LogP contribution in [0.3, 0.4) is 0 Å². The van der Waals surface area contributed by atoms with Crippen molar-refractivity contribution in [3.63, 3.8) is 0 Å². The van der Waals surface area contributed by atoms with Crippen molar-refractivity contribution in [2.24, 2.45) is 12.5 Å². The summed E-state index contributed by atoms with van der Waals surface area (Å²) in [7, 11) is 1.73. The summed E-state index contributed by atoms with van der Waals surface area (Å²) in [6.07, 6.45) is 1.40. The minimum absolute atomic E-state index is 0.361. The molecule has 1 N–H and O–H groups in total. The first kappa shape index (κ1) is 16.2. The highest BCUT2D eigenvalue weighted by Gasteiger charge is 2.30. The predicted molar refractivity (Wildman–Crippen MR) is 86.3 cm³/mol. The molecule has 1 unspecified atom stereocenters. The maximum Gasteiger partial charge on any atom is 0.183 e. The van der Waals surface area contributed by atoms with Gasteiger partial charge >= 0.3 is 0 Å². The minimum Gasteiger partial charge on any atom is -0.361 e. The van der Waals surface area contributed by atoms with E-state index in [4.69, 9.17) is 0 Å². The molecule has 0 bridgehead atoms. The molecule has 3 aromatic rings. The van der Waals surface area contributed by atoms with Gasteiger partial charge in [0.05, 0.1) is 6.04 Å². The SMILES string of the molecule is Cn1nnc2c(NC(c3ccc(F)cc3F)C(C)(C)C)ncnc21. The summed E-state index contributed by atoms with van der Waals surface area (Å²) in [5.74, 6) is -0.758. The largest absolute Gasteiger partial charge is 0.361 e. The first-order valence-electron chi connectivity index (χ1n) is 7.49. The molecule has 2 heterocycles. The zero-order chi connectivity index (χ0) is 17.5. The normalized spacial score (nSPS) is 13.2. The molecule has 0 aliphatic carbocycles. The third-order valence-corrected chi connectivity index (χ3v) is 3.81. The highest BCUT2D eigenvalue weighted by Crippen LogP contribution is 2.37. The lowest BCUT2D eigenvalue weighted by Gasteiger charge is -2.32. The summed E-state index contributed by atoms with van der Waals surface area (Å²) in [4.78, 5) is 8.35. The fourth-order valence-corrected chi connectivity index (χ4v) is 2.59. The summed E-state index contributed by atoms with van der Waals surface area (Å²) in [6, 6.07) is 3.13. The Hall–Kier alpha value is -2.64. The summed E-state index contributed by atoms with van der Waals surface area (Å²) in [5.41, 5.74) is 1.06. The maximum absolute atomic E-state index is 14.3. The molecule has 0 aliphatic rings. The molecule has 8 heteroatoms. The van der Waals surface area contributed by atoms with E-state index in [1.54, 1.807) is 7.05 Å². The Labute approximate surface area is 137 Å². The molecule has 0 amide bonds. The third kappa shape index (κ3) is 2.91. The Bertz CT molecular complexity index is 884. The van der Waals surface area contributed by atoms with Crippen molar-refractivity contribution >= 4 is 17.0 Å². The topological polar surface area (TPSA) is 68.5 Å². The number of benzene rings is 1. The van der Waals surface area contributed by atoms with Crippen LogP contribution in [0, 0.1) is 17.0 Å². The van der Waals surface area contributed by atoms with Crippen LogP contribution in [0.15, 0.2) is 24.5 Å². The predicted octanol–water partition coefficient (Wildman–Crippen LogP) is 3.24. The van der Waals surface area contributed by atoms with Crippen LogP contribution in [-0.2, 0) is 7.05 Å². The fourth-order valence-electron chi connectivity index (χ4n) is 2.59. The molecule has 2 aromatic heterocycles. The monoisotopic (exact) mass is 332 g/mol. The van der Waals surface area contributed by atoms with Gasteiger partial charge in [0.2, 0.25) is 0 Å². The van der Waals surface area contributed by atoms with Crippen molar-refractivity contribution < 1.29 is 8.78 Å². The molecule has 0 saturated carbocycles. The van der Waals surface area contributed by atoms with Crippen molar-refractivity contribution in [1.82, 2.24) is 25.0 Å². The highest BCUT2D eigenvalue weighted by atomic mass is 19.1. The summed E-state index contributed by atoms with van der Waals surface area (Å²) in [5, 5.41) is 11.2. The second kappa shape index (κ2) is 5.77. The fraction of sp³-hybridized carbons (Fsp3) is 0.375. The number of fused-ring (bicyclic) bond motifs is 1. The van der Waals surface area contributed by atoms with Gasteiger partial charge in [-0.1, -0.05) is 32.1 Å². The number of nitrogens with zero attached hydrogens (tertiary/aromatic N) is 5. The molecular formula is C16H18F2N6. The standard InChI is InChI=1S/C16H18F2N6/c1-16(2,3)13(10-6-5-9(17)7-11(10)18)21-14-12-15(20-8-19-14)24(4)23-22-12/h5-8,13H,1-4H3,(H,19,20,21). The lowest BCUT2D eigenvalue weighted by molar-refractivity contribution is 0.338. The molecular weight excluding hydrogens is 314 g/mol. The van der Waals surface area contributed by atoms with Crippen molar-refractivity contribution in [2.45, 2.75) is 26.8 Å². The van der Waals surface area contributed by atoms with Gasteiger partial charge in [0.1, 0.15) is 18.0 Å². The van der Waals surface area contributed by atoms with E-state index in [1.807, 2.05) is 20.8 Å². The molecule has 126 valence electrons. The van der Waals surface area contributed by atoms with Crippen LogP contribution in [0.1, 0.15) is 32.4 Å². The molecule has 3 rings (SSSR count). The Morgan fingerprint density at radius 1 is 1.17 bits per heavy atom. The molecule has 0 radical (unpaired) electrons. The van der Waals surface area contributed by atoms with Crippen LogP contribution in [0.5, 0.6) is 0 Å². The molecule has 1 aromatic carbocycles. The van der Waals surface area contributed by atoms with Crippen molar-refractivity contribution in [1.29, 1.82) is 0 Å². The third-order valence-electron chi connectivity index (χ3n) is 3.81. The number of aromatic nitrogens is 5. The zero-order valence-corrected chi connectivity index (χ0v) is 13.9. The summed E-state index contributed by atoms with van der Waals surface area (Å²) < 4.78 is 29.1. The maximum atomic E-state index is 14.3. The van der Waals surface area contributed by atoms with E-state index in [9.17, 15) is 8.78 Å². The Morgan fingerprint density at radius 3 is 2.58 bits per heavy atom. The van der Waals surface area contributed by atoms with Gasteiger partial charge in [-0.05, 0) is 11.5 Å². The van der Waals surface area contributed by atoms with Gasteiger partial charge in [-0.15, -0.1) is 5.10 Å². The second-order valence-corrected chi connectivity index (χ2v) is 6.72. The molecule has 0 aliphatic heterocycles. The number of halogens is 2. The minimum atomic E-state index is -0.609. The molecule has 24 heavy (non-hydrogen) atoms. The molecule has 0 saturated heterocycles. The first-order chi connectivity index (χ1) is 11.3. The number of anilines is 1. The quantitative estimate of drug-likeness (QED) is 0.797. The van der Waals surface area contributed by atoms with Crippen molar-refractivity contribution in [2.75, 3.05) is 5.32 Å². The highest BCUT2D eigenvalue weighted by molar-refractivity contribution is 5.82. The van der Waals surface area contributed by atoms with Crippen LogP contribution in [0.2, 0.25) is 0 Å². The van der Waals surface area contributed by atoms with Crippen LogP contribution in [0.25, 0.3) is 11.2 Å². The van der Waals surface area contributed by atoms with E-state index in [2.05, 4.69) is 25.6 Å². The number of hydrogen-bond acceptors (Lipinski definition) is 5. The van der Waals surface area contributed by atoms with Crippen LogP contribution in [-0.4, -0.2) is 25.0 Å². The van der Waals surface area contributed by atoms with Crippen LogP contribution < -0.4 is 5.32 Å². The Kier molecular flexibility index (Phi) is 3.90. The van der Waals surface area contributed by atoms with Gasteiger partial charge in [-0.2, -0.15) is 0 Å². The van der Waals surface area contributed by atoms with Crippen molar-refractivity contribution in [3.05, 3.63) is 41.7 Å². The molecule has 1 atom stereocenters. The van der Waals surface area contributed by atoms with E-state index in [-0.39, 0.29) is 5.41 Å². The van der Waals surface area contributed by atoms with E-state index < -0.39 is 17.7 Å². The lowest BCUT2D eigenvalue weighted by Crippen LogP contribution is -2.27. The van der Waals surface area contributed by atoms with Gasteiger partial charge < -0.3 is 5.32 Å². The Morgan fingerprint density at radius 2 is 1.92 bits per heavy atom. The van der Waals surface area contributed by atoms with Gasteiger partial charge in [0.15, 0.2) is 17.0 Å². The van der Waals surface area contributed by atoms with Crippen LogP contribution >= 0.6 is 0 Å². The zero-order valence-electron chi connectivity index (χ0n) is 13.9. The van der Waals surface area contributed by atoms with E-state index in [1.165, 1.54) is 23.1 Å². The van der Waals surface area contributed by atoms with Gasteiger partial charge in [0.25, 0.3) is 0 Å². The summed E-state index contributed by atoms with van der Waals surface area (Å²) >= 11 is 0. The average molecular weight is 332 g/mol. The van der Waals surface area contributed by atoms with E-state index in [0.29, 0.717) is 22.5 Å². The summed E-state index contributed by atoms with van der Waals surface area (Å²) in [6.45, 7) is 5.88. The van der Waals surface area contributed by atoms with E-state index in [0.717, 1.165) is 6.07 Å². The van der Waals surface area contributed by atoms with Gasteiger partial charge in [-0.25, -0.2) is 23.4 Å². The molecule has 0 spiro atoms. The van der Waals surface area contributed by atoms with Gasteiger partial charge in [0, 0.05) is 18.7 Å². The van der Waals surface area contributed by atoms with Gasteiger partial charge in [-0.3, -0.25) is 0 Å². The first-order valence-corrected chi connectivity index (χ1v) is 7.49. The second-order valence-electron chi connectivity index (χ2n) is 6.72. The Balaban J connectivity index is 2.07. The number of nitrogens with one attached hydrogen (secondary N) is 1. The van der Waals surface area contributed by atoms with Crippen LogP contribution in [0.4, 0.5) is 14.6 Å². The van der Waals surface area contributed by atoms with Crippen molar-refractivity contribution in [3.8, 4) is 0 Å². The number of aryl methyl sites for hydroxylation is 1. The number of rotatable bonds is 3. The molecule has 6 nitrogen and oxygen atoms in total. The van der Waals surface area contributed by atoms with E-state index >= 15 is 0 Å². The number of hydrogen-bond donors (Lipinski definition) is 1. The lowest BCUT2D eigenvalue weighted by atomic mass is 9.82. The smallest absolute Gasteiger partial charge is 0.183 e. The molecule has 0 fully saturated rings.